The van der Waals surface area contributed by atoms with Crippen LogP contribution in [0.5, 0.6) is 0 Å². The first-order valence-corrected chi connectivity index (χ1v) is 9.60. The van der Waals surface area contributed by atoms with Gasteiger partial charge in [-0.2, -0.15) is 0 Å². The van der Waals surface area contributed by atoms with Crippen molar-refractivity contribution in [3.63, 3.8) is 0 Å². The van der Waals surface area contributed by atoms with E-state index in [0.29, 0.717) is 44.8 Å². The highest BCUT2D eigenvalue weighted by atomic mass is 16.4. The molecule has 1 spiro atoms. The molecule has 27 heavy (non-hydrogen) atoms. The number of imide groups is 1. The number of urea groups is 1. The number of carbonyl (C=O) groups is 2. The predicted octanol–water partition coefficient (Wildman–Crippen LogP) is 0.952. The van der Waals surface area contributed by atoms with E-state index < -0.39 is 5.54 Å². The lowest BCUT2D eigenvalue weighted by Gasteiger charge is -2.41. The van der Waals surface area contributed by atoms with Gasteiger partial charge in [-0.25, -0.2) is 4.79 Å². The predicted molar refractivity (Wildman–Crippen MR) is 99.9 cm³/mol. The third kappa shape index (κ3) is 3.74. The molecule has 0 saturated carbocycles. The molecule has 1 aromatic rings. The number of likely N-dealkylation sites (tertiary alicyclic amines) is 1. The Balaban J connectivity index is 1.67. The average molecular weight is 378 g/mol. The van der Waals surface area contributed by atoms with Crippen LogP contribution >= 0.6 is 0 Å². The maximum atomic E-state index is 13.2. The Morgan fingerprint density at radius 1 is 1.19 bits per heavy atom. The molecular weight excluding hydrogens is 348 g/mol. The number of furan rings is 1. The van der Waals surface area contributed by atoms with Crippen LogP contribution in [0.25, 0.3) is 0 Å². The summed E-state index contributed by atoms with van der Waals surface area (Å²) in [7, 11) is 3.88. The number of hydrogen-bond donors (Lipinski definition) is 1. The molecule has 0 aromatic carbocycles. The van der Waals surface area contributed by atoms with Gasteiger partial charge in [0.2, 0.25) is 0 Å². The molecule has 2 aliphatic rings. The van der Waals surface area contributed by atoms with Gasteiger partial charge in [-0.1, -0.05) is 0 Å². The number of carbonyl (C=O) groups excluding carboxylic acids is 2. The number of hydrogen-bond acceptors (Lipinski definition) is 6. The maximum Gasteiger partial charge on any atom is 0.327 e. The van der Waals surface area contributed by atoms with Crippen LogP contribution in [0, 0.1) is 0 Å². The number of piperidine rings is 1. The van der Waals surface area contributed by atoms with Gasteiger partial charge < -0.3 is 19.3 Å². The minimum absolute atomic E-state index is 0.0450. The van der Waals surface area contributed by atoms with Gasteiger partial charge in [0, 0.05) is 32.7 Å². The summed E-state index contributed by atoms with van der Waals surface area (Å²) in [5.74, 6) is 1.32. The number of aliphatic hydroxyl groups excluding tert-OH is 1. The number of aliphatic hydroxyl groups is 1. The molecule has 3 heterocycles. The molecule has 2 fully saturated rings. The molecule has 8 heteroatoms. The Morgan fingerprint density at radius 3 is 2.41 bits per heavy atom. The standard InChI is InChI=1S/C19H30N4O4/c1-4-23-18(26)22(12-11-20(2)3)17(25)19(23)7-9-21(10-8-19)13-15-5-6-16(14-24)27-15/h5-6,24H,4,7-14H2,1-3H3. The number of amides is 3. The third-order valence-electron chi connectivity index (χ3n) is 5.64. The van der Waals surface area contributed by atoms with E-state index in [2.05, 4.69) is 4.90 Å². The van der Waals surface area contributed by atoms with Crippen molar-refractivity contribution in [3.05, 3.63) is 23.7 Å². The van der Waals surface area contributed by atoms with Crippen molar-refractivity contribution in [1.82, 2.24) is 19.6 Å². The monoisotopic (exact) mass is 378 g/mol. The first-order chi connectivity index (χ1) is 12.9. The largest absolute Gasteiger partial charge is 0.462 e. The van der Waals surface area contributed by atoms with E-state index in [9.17, 15) is 9.59 Å². The molecule has 0 aliphatic carbocycles. The number of likely N-dealkylation sites (N-methyl/N-ethyl adjacent to an activating group) is 2. The van der Waals surface area contributed by atoms with Gasteiger partial charge in [0.25, 0.3) is 5.91 Å². The van der Waals surface area contributed by atoms with Crippen molar-refractivity contribution in [2.24, 2.45) is 0 Å². The van der Waals surface area contributed by atoms with Crippen molar-refractivity contribution in [3.8, 4) is 0 Å². The highest BCUT2D eigenvalue weighted by molar-refractivity contribution is 6.07. The topological polar surface area (TPSA) is 80.5 Å². The van der Waals surface area contributed by atoms with E-state index in [0.717, 1.165) is 18.8 Å². The van der Waals surface area contributed by atoms with Crippen LogP contribution in [0.15, 0.2) is 16.5 Å². The Hall–Kier alpha value is -1.90. The van der Waals surface area contributed by atoms with Gasteiger partial charge in [0.1, 0.15) is 23.7 Å². The minimum atomic E-state index is -0.700. The van der Waals surface area contributed by atoms with Crippen molar-refractivity contribution in [2.45, 2.75) is 38.5 Å². The van der Waals surface area contributed by atoms with E-state index in [1.165, 1.54) is 4.90 Å². The van der Waals surface area contributed by atoms with Gasteiger partial charge >= 0.3 is 6.03 Å². The van der Waals surface area contributed by atoms with Gasteiger partial charge in [0.15, 0.2) is 0 Å². The van der Waals surface area contributed by atoms with Gasteiger partial charge in [-0.05, 0) is 46.0 Å². The molecule has 0 bridgehead atoms. The summed E-state index contributed by atoms with van der Waals surface area (Å²) in [5, 5.41) is 9.12. The molecule has 0 unspecified atom stereocenters. The zero-order valence-corrected chi connectivity index (χ0v) is 16.5. The third-order valence-corrected chi connectivity index (χ3v) is 5.64. The van der Waals surface area contributed by atoms with Crippen molar-refractivity contribution in [1.29, 1.82) is 0 Å². The summed E-state index contributed by atoms with van der Waals surface area (Å²) in [5.41, 5.74) is -0.700. The Labute approximate surface area is 160 Å². The molecule has 150 valence electrons. The summed E-state index contributed by atoms with van der Waals surface area (Å²) in [4.78, 5) is 33.4. The van der Waals surface area contributed by atoms with Gasteiger partial charge in [0.05, 0.1) is 6.54 Å². The molecule has 3 amide bonds. The summed E-state index contributed by atoms with van der Waals surface area (Å²) in [6, 6.07) is 3.50. The fraction of sp³-hybridized carbons (Fsp3) is 0.684. The lowest BCUT2D eigenvalue weighted by Crippen LogP contribution is -2.56. The molecule has 3 rings (SSSR count). The van der Waals surface area contributed by atoms with Crippen molar-refractivity contribution in [2.75, 3.05) is 46.8 Å². The van der Waals surface area contributed by atoms with Crippen LogP contribution in [-0.2, 0) is 17.9 Å². The van der Waals surface area contributed by atoms with E-state index in [1.54, 1.807) is 11.0 Å². The molecule has 2 saturated heterocycles. The molecular formula is C19H30N4O4. The quantitative estimate of drug-likeness (QED) is 0.712. The summed E-state index contributed by atoms with van der Waals surface area (Å²) < 4.78 is 5.57. The van der Waals surface area contributed by atoms with E-state index >= 15 is 0 Å². The van der Waals surface area contributed by atoms with E-state index in [4.69, 9.17) is 9.52 Å². The molecule has 2 aliphatic heterocycles. The van der Waals surface area contributed by atoms with Gasteiger partial charge in [-0.15, -0.1) is 0 Å². The molecule has 0 atom stereocenters. The fourth-order valence-electron chi connectivity index (χ4n) is 4.09. The first kappa shape index (κ1) is 19.9. The average Bonchev–Trinajstić information content (AvgIpc) is 3.17. The highest BCUT2D eigenvalue weighted by Gasteiger charge is 2.57. The zero-order valence-electron chi connectivity index (χ0n) is 16.5. The lowest BCUT2D eigenvalue weighted by molar-refractivity contribution is -0.135. The molecule has 1 aromatic heterocycles. The van der Waals surface area contributed by atoms with E-state index in [-0.39, 0.29) is 18.5 Å². The highest BCUT2D eigenvalue weighted by Crippen LogP contribution is 2.37. The van der Waals surface area contributed by atoms with Crippen LogP contribution in [0.4, 0.5) is 4.79 Å². The van der Waals surface area contributed by atoms with E-state index in [1.807, 2.05) is 32.0 Å². The van der Waals surface area contributed by atoms with Crippen LogP contribution < -0.4 is 0 Å². The van der Waals surface area contributed by atoms with Crippen LogP contribution in [0.1, 0.15) is 31.3 Å². The van der Waals surface area contributed by atoms with Crippen LogP contribution in [-0.4, -0.2) is 89.0 Å². The normalized spacial score (nSPS) is 20.5. The number of nitrogens with zero attached hydrogens (tertiary/aromatic N) is 4. The lowest BCUT2D eigenvalue weighted by atomic mass is 9.85. The molecule has 1 N–H and O–H groups in total. The Kier molecular flexibility index (Phi) is 5.88. The Bertz CT molecular complexity index is 679. The smallest absolute Gasteiger partial charge is 0.327 e. The zero-order chi connectivity index (χ0) is 19.6. The SMILES string of the molecule is CCN1C(=O)N(CCN(C)C)C(=O)C12CCN(Cc1ccc(CO)o1)CC2. The van der Waals surface area contributed by atoms with Crippen molar-refractivity contribution < 1.29 is 19.1 Å². The van der Waals surface area contributed by atoms with Gasteiger partial charge in [-0.3, -0.25) is 14.6 Å². The fourth-order valence-corrected chi connectivity index (χ4v) is 4.09. The minimum Gasteiger partial charge on any atom is -0.462 e. The maximum absolute atomic E-state index is 13.2. The second-order valence-electron chi connectivity index (χ2n) is 7.62. The summed E-state index contributed by atoms with van der Waals surface area (Å²) >= 11 is 0. The first-order valence-electron chi connectivity index (χ1n) is 9.60. The summed E-state index contributed by atoms with van der Waals surface area (Å²) in [6.07, 6.45) is 1.27. The van der Waals surface area contributed by atoms with Crippen LogP contribution in [0.3, 0.4) is 0 Å². The molecule has 8 nitrogen and oxygen atoms in total. The van der Waals surface area contributed by atoms with Crippen molar-refractivity contribution >= 4 is 11.9 Å². The molecule has 0 radical (unpaired) electrons. The second kappa shape index (κ2) is 8.00. The van der Waals surface area contributed by atoms with Crippen LogP contribution in [0.2, 0.25) is 0 Å². The number of rotatable bonds is 7. The Morgan fingerprint density at radius 2 is 1.85 bits per heavy atom. The second-order valence-corrected chi connectivity index (χ2v) is 7.62. The summed E-state index contributed by atoms with van der Waals surface area (Å²) in [6.45, 7) is 5.59.